The molecule has 38 heavy (non-hydrogen) atoms. The van der Waals surface area contributed by atoms with Gasteiger partial charge in [-0.3, -0.25) is 4.79 Å². The molecule has 0 radical (unpaired) electrons. The number of allylic oxidation sites excluding steroid dienone is 1. The third-order valence-corrected chi connectivity index (χ3v) is 7.85. The predicted molar refractivity (Wildman–Crippen MR) is 156 cm³/mol. The first-order chi connectivity index (χ1) is 18.3. The van der Waals surface area contributed by atoms with Crippen LogP contribution in [0, 0.1) is 13.8 Å². The first-order valence-electron chi connectivity index (χ1n) is 12.6. The predicted octanol–water partition coefficient (Wildman–Crippen LogP) is 7.33. The molecule has 0 fully saturated rings. The van der Waals surface area contributed by atoms with Crippen LogP contribution in [0.1, 0.15) is 47.7 Å². The largest absolute Gasteiger partial charge is 0.328 e. The van der Waals surface area contributed by atoms with E-state index in [2.05, 4.69) is 47.9 Å². The lowest BCUT2D eigenvalue weighted by Gasteiger charge is -2.29. The highest BCUT2D eigenvalue weighted by Gasteiger charge is 2.34. The number of aromatic nitrogens is 3. The Morgan fingerprint density at radius 2 is 1.74 bits per heavy atom. The zero-order valence-electron chi connectivity index (χ0n) is 21.9. The van der Waals surface area contributed by atoms with Gasteiger partial charge in [-0.05, 0) is 67.6 Å². The van der Waals surface area contributed by atoms with E-state index in [-0.39, 0.29) is 5.91 Å². The molecule has 0 saturated carbocycles. The minimum absolute atomic E-state index is 0.164. The van der Waals surface area contributed by atoms with Crippen LogP contribution in [0.2, 0.25) is 5.02 Å². The molecule has 2 heterocycles. The number of halogens is 1. The van der Waals surface area contributed by atoms with Crippen molar-refractivity contribution >= 4 is 40.9 Å². The fourth-order valence-electron chi connectivity index (χ4n) is 4.60. The average Bonchev–Trinajstić information content (AvgIpc) is 3.31. The highest BCUT2D eigenvalue weighted by Crippen LogP contribution is 2.37. The Morgan fingerprint density at radius 1 is 1.03 bits per heavy atom. The van der Waals surface area contributed by atoms with E-state index in [4.69, 9.17) is 21.7 Å². The molecule has 1 aliphatic heterocycles. The molecular weight excluding hydrogens is 514 g/mol. The maximum absolute atomic E-state index is 13.8. The molecule has 1 amide bonds. The summed E-state index contributed by atoms with van der Waals surface area (Å²) in [7, 11) is 0. The third-order valence-electron chi connectivity index (χ3n) is 6.69. The van der Waals surface area contributed by atoms with E-state index in [1.165, 1.54) is 5.56 Å². The van der Waals surface area contributed by atoms with Gasteiger partial charge in [0.25, 0.3) is 5.91 Å². The molecule has 1 aliphatic rings. The molecule has 0 spiro atoms. The average molecular weight is 544 g/mol. The molecule has 0 saturated heterocycles. The number of amides is 1. The number of carbonyl (C=O) groups excluding carboxylic acids is 1. The van der Waals surface area contributed by atoms with Crippen molar-refractivity contribution in [2.24, 2.45) is 0 Å². The molecule has 4 aromatic rings. The van der Waals surface area contributed by atoms with Crippen molar-refractivity contribution in [3.05, 3.63) is 111 Å². The molecule has 1 atom stereocenters. The van der Waals surface area contributed by atoms with Gasteiger partial charge in [0.1, 0.15) is 6.04 Å². The van der Waals surface area contributed by atoms with Gasteiger partial charge in [-0.2, -0.15) is 4.98 Å². The number of hydrogen-bond acceptors (Lipinski definition) is 5. The maximum atomic E-state index is 13.8. The molecule has 2 N–H and O–H groups in total. The third kappa shape index (κ3) is 5.49. The van der Waals surface area contributed by atoms with E-state index in [9.17, 15) is 4.79 Å². The zero-order valence-corrected chi connectivity index (χ0v) is 23.5. The van der Waals surface area contributed by atoms with Crippen molar-refractivity contribution in [2.45, 2.75) is 51.1 Å². The Hall–Kier alpha value is -3.55. The van der Waals surface area contributed by atoms with Gasteiger partial charge in [-0.25, -0.2) is 4.68 Å². The molecule has 5 rings (SSSR count). The van der Waals surface area contributed by atoms with Crippen LogP contribution in [-0.4, -0.2) is 20.7 Å². The van der Waals surface area contributed by atoms with Crippen LogP contribution in [0.3, 0.4) is 0 Å². The summed E-state index contributed by atoms with van der Waals surface area (Å²) in [5.41, 5.74) is 7.69. The standard InChI is InChI=1S/C30H30ClN5OS/c1-5-21-7-11-23(12-8-21)27-26(28(37)33-25-15-6-18(2)16-19(25)3)20(4)32-29-34-30(35-36(27)29)38-17-22-9-13-24(31)14-10-22/h6-16,27H,5,17H2,1-4H3,(H,33,37)(H,32,34,35)/t27-/m0/s1. The van der Waals surface area contributed by atoms with Crippen LogP contribution >= 0.6 is 23.4 Å². The molecule has 3 aromatic carbocycles. The lowest BCUT2D eigenvalue weighted by Crippen LogP contribution is -2.31. The number of nitrogens with one attached hydrogen (secondary N) is 2. The Bertz CT molecular complexity index is 1510. The van der Waals surface area contributed by atoms with E-state index in [0.717, 1.165) is 40.1 Å². The minimum Gasteiger partial charge on any atom is -0.328 e. The molecule has 0 unspecified atom stereocenters. The monoisotopic (exact) mass is 543 g/mol. The van der Waals surface area contributed by atoms with Crippen LogP contribution < -0.4 is 10.6 Å². The van der Waals surface area contributed by atoms with Gasteiger partial charge in [-0.15, -0.1) is 5.10 Å². The van der Waals surface area contributed by atoms with E-state index < -0.39 is 6.04 Å². The number of hydrogen-bond donors (Lipinski definition) is 2. The van der Waals surface area contributed by atoms with Crippen LogP contribution in [0.5, 0.6) is 0 Å². The van der Waals surface area contributed by atoms with Gasteiger partial charge >= 0.3 is 0 Å². The van der Waals surface area contributed by atoms with Crippen molar-refractivity contribution in [1.82, 2.24) is 14.8 Å². The number of thioether (sulfide) groups is 1. The summed E-state index contributed by atoms with van der Waals surface area (Å²) in [6, 6.07) is 21.8. The Balaban J connectivity index is 1.49. The Morgan fingerprint density at radius 3 is 2.42 bits per heavy atom. The van der Waals surface area contributed by atoms with Gasteiger partial charge in [0.2, 0.25) is 11.1 Å². The number of carbonyl (C=O) groups is 1. The SMILES string of the molecule is CCc1ccc([C@H]2C(C(=O)Nc3ccc(C)cc3C)=C(C)Nc3nc(SCc4ccc(Cl)cc4)nn32)cc1. The summed E-state index contributed by atoms with van der Waals surface area (Å²) in [5, 5.41) is 12.7. The molecular formula is C30H30ClN5OS. The Kier molecular flexibility index (Phi) is 7.58. The number of benzene rings is 3. The summed E-state index contributed by atoms with van der Waals surface area (Å²) in [6.07, 6.45) is 0.946. The van der Waals surface area contributed by atoms with Crippen LogP contribution in [0.4, 0.5) is 11.6 Å². The summed E-state index contributed by atoms with van der Waals surface area (Å²) in [6.45, 7) is 8.10. The van der Waals surface area contributed by atoms with Crippen molar-refractivity contribution in [1.29, 1.82) is 0 Å². The van der Waals surface area contributed by atoms with Crippen LogP contribution in [0.15, 0.2) is 83.2 Å². The highest BCUT2D eigenvalue weighted by atomic mass is 35.5. The second-order valence-electron chi connectivity index (χ2n) is 9.51. The number of nitrogens with zero attached hydrogens (tertiary/aromatic N) is 3. The van der Waals surface area contributed by atoms with Crippen molar-refractivity contribution in [3.8, 4) is 0 Å². The quantitative estimate of drug-likeness (QED) is 0.239. The number of fused-ring (bicyclic) bond motifs is 1. The first-order valence-corrected chi connectivity index (χ1v) is 14.0. The molecule has 0 aliphatic carbocycles. The molecule has 0 bridgehead atoms. The highest BCUT2D eigenvalue weighted by molar-refractivity contribution is 7.98. The lowest BCUT2D eigenvalue weighted by molar-refractivity contribution is -0.113. The van der Waals surface area contributed by atoms with Gasteiger partial charge < -0.3 is 10.6 Å². The van der Waals surface area contributed by atoms with Crippen LogP contribution in [0.25, 0.3) is 0 Å². The molecule has 194 valence electrons. The van der Waals surface area contributed by atoms with Gasteiger partial charge in [0.15, 0.2) is 0 Å². The number of rotatable bonds is 7. The zero-order chi connectivity index (χ0) is 26.8. The summed E-state index contributed by atoms with van der Waals surface area (Å²) in [5.74, 6) is 1.17. The minimum atomic E-state index is -0.416. The second kappa shape index (κ2) is 11.1. The topological polar surface area (TPSA) is 71.8 Å². The van der Waals surface area contributed by atoms with E-state index in [0.29, 0.717) is 27.5 Å². The fraction of sp³-hybridized carbons (Fsp3) is 0.233. The maximum Gasteiger partial charge on any atom is 0.255 e. The van der Waals surface area contributed by atoms with E-state index >= 15 is 0 Å². The Labute approximate surface area is 232 Å². The number of anilines is 2. The lowest BCUT2D eigenvalue weighted by atomic mass is 9.94. The van der Waals surface area contributed by atoms with Gasteiger partial charge in [0.05, 0.1) is 5.57 Å². The van der Waals surface area contributed by atoms with Gasteiger partial charge in [0, 0.05) is 22.2 Å². The normalized spacial score (nSPS) is 14.7. The van der Waals surface area contributed by atoms with Crippen molar-refractivity contribution in [3.63, 3.8) is 0 Å². The summed E-state index contributed by atoms with van der Waals surface area (Å²) in [4.78, 5) is 18.5. The molecule has 1 aromatic heterocycles. The van der Waals surface area contributed by atoms with Gasteiger partial charge in [-0.1, -0.05) is 84.4 Å². The summed E-state index contributed by atoms with van der Waals surface area (Å²) >= 11 is 7.58. The fourth-order valence-corrected chi connectivity index (χ4v) is 5.51. The van der Waals surface area contributed by atoms with Crippen LogP contribution in [-0.2, 0) is 17.0 Å². The molecule has 8 heteroatoms. The smallest absolute Gasteiger partial charge is 0.255 e. The second-order valence-corrected chi connectivity index (χ2v) is 10.9. The number of aryl methyl sites for hydroxylation is 3. The van der Waals surface area contributed by atoms with E-state index in [1.807, 2.05) is 61.9 Å². The van der Waals surface area contributed by atoms with E-state index in [1.54, 1.807) is 11.8 Å². The van der Waals surface area contributed by atoms with Crippen molar-refractivity contribution in [2.75, 3.05) is 10.6 Å². The first kappa shape index (κ1) is 26.1. The molecule has 6 nitrogen and oxygen atoms in total. The van der Waals surface area contributed by atoms with Crippen molar-refractivity contribution < 1.29 is 4.79 Å². The summed E-state index contributed by atoms with van der Waals surface area (Å²) < 4.78 is 1.83.